The summed E-state index contributed by atoms with van der Waals surface area (Å²) in [6.07, 6.45) is 4.79. The van der Waals surface area contributed by atoms with Crippen LogP contribution in [0.2, 0.25) is 0 Å². The van der Waals surface area contributed by atoms with Gasteiger partial charge in [-0.25, -0.2) is 14.4 Å². The zero-order valence-corrected chi connectivity index (χ0v) is 7.61. The summed E-state index contributed by atoms with van der Waals surface area (Å²) >= 11 is 0. The van der Waals surface area contributed by atoms with Gasteiger partial charge < -0.3 is 0 Å². The Bertz CT molecular complexity index is 442. The van der Waals surface area contributed by atoms with Crippen LogP contribution in [0.5, 0.6) is 0 Å². The topological polar surface area (TPSA) is 38.7 Å². The van der Waals surface area contributed by atoms with E-state index in [1.807, 2.05) is 0 Å². The third-order valence-corrected chi connectivity index (χ3v) is 1.85. The fourth-order valence-corrected chi connectivity index (χ4v) is 1.08. The summed E-state index contributed by atoms with van der Waals surface area (Å²) in [6, 6.07) is 3.10. The molecular formula is C10H8FN3. The van der Waals surface area contributed by atoms with Crippen molar-refractivity contribution in [1.82, 2.24) is 15.0 Å². The number of aromatic nitrogens is 3. The lowest BCUT2D eigenvalue weighted by atomic mass is 10.2. The van der Waals surface area contributed by atoms with Crippen LogP contribution in [0.1, 0.15) is 5.69 Å². The summed E-state index contributed by atoms with van der Waals surface area (Å²) in [6.45, 7) is 1.62. The molecule has 0 aliphatic carbocycles. The van der Waals surface area contributed by atoms with Crippen LogP contribution >= 0.6 is 0 Å². The molecule has 2 aromatic heterocycles. The highest BCUT2D eigenvalue weighted by molar-refractivity contribution is 5.52. The van der Waals surface area contributed by atoms with Crippen LogP contribution in [-0.4, -0.2) is 15.0 Å². The number of aryl methyl sites for hydroxylation is 1. The number of hydrogen-bond donors (Lipinski definition) is 0. The van der Waals surface area contributed by atoms with Gasteiger partial charge in [0.1, 0.15) is 5.82 Å². The third kappa shape index (κ3) is 1.59. The van der Waals surface area contributed by atoms with E-state index in [1.165, 1.54) is 6.07 Å². The van der Waals surface area contributed by atoms with Crippen LogP contribution in [-0.2, 0) is 0 Å². The highest BCUT2D eigenvalue weighted by atomic mass is 19.1. The van der Waals surface area contributed by atoms with E-state index < -0.39 is 0 Å². The molecule has 0 N–H and O–H groups in total. The number of rotatable bonds is 1. The van der Waals surface area contributed by atoms with Gasteiger partial charge in [-0.15, -0.1) is 0 Å². The van der Waals surface area contributed by atoms with Crippen molar-refractivity contribution < 1.29 is 4.39 Å². The average Bonchev–Trinajstić information content (AvgIpc) is 2.23. The lowest BCUT2D eigenvalue weighted by Crippen LogP contribution is -1.92. The van der Waals surface area contributed by atoms with Gasteiger partial charge in [-0.3, -0.25) is 4.98 Å². The van der Waals surface area contributed by atoms with E-state index in [4.69, 9.17) is 0 Å². The molecule has 0 unspecified atom stereocenters. The zero-order valence-electron chi connectivity index (χ0n) is 7.61. The molecule has 0 fully saturated rings. The normalized spacial score (nSPS) is 10.1. The van der Waals surface area contributed by atoms with Gasteiger partial charge in [0.25, 0.3) is 0 Å². The predicted molar refractivity (Wildman–Crippen MR) is 50.0 cm³/mol. The minimum Gasteiger partial charge on any atom is -0.258 e. The van der Waals surface area contributed by atoms with E-state index in [2.05, 4.69) is 15.0 Å². The van der Waals surface area contributed by atoms with E-state index in [0.29, 0.717) is 17.1 Å². The minimum atomic E-state index is -0.338. The van der Waals surface area contributed by atoms with Crippen molar-refractivity contribution in [2.75, 3.05) is 0 Å². The maximum atomic E-state index is 13.1. The summed E-state index contributed by atoms with van der Waals surface area (Å²) in [5, 5.41) is 0. The van der Waals surface area contributed by atoms with Crippen molar-refractivity contribution in [1.29, 1.82) is 0 Å². The van der Waals surface area contributed by atoms with Crippen LogP contribution < -0.4 is 0 Å². The van der Waals surface area contributed by atoms with Crippen molar-refractivity contribution >= 4 is 0 Å². The number of halogens is 1. The second kappa shape index (κ2) is 3.49. The highest BCUT2D eigenvalue weighted by Gasteiger charge is 2.04. The molecular weight excluding hydrogens is 181 g/mol. The van der Waals surface area contributed by atoms with Crippen molar-refractivity contribution in [2.24, 2.45) is 0 Å². The van der Waals surface area contributed by atoms with E-state index >= 15 is 0 Å². The highest BCUT2D eigenvalue weighted by Crippen LogP contribution is 2.14. The average molecular weight is 189 g/mol. The van der Waals surface area contributed by atoms with Crippen molar-refractivity contribution in [3.63, 3.8) is 0 Å². The van der Waals surface area contributed by atoms with Gasteiger partial charge in [-0.1, -0.05) is 0 Å². The van der Waals surface area contributed by atoms with Crippen molar-refractivity contribution in [3.05, 3.63) is 42.2 Å². The maximum absolute atomic E-state index is 13.1. The second-order valence-electron chi connectivity index (χ2n) is 2.86. The molecule has 14 heavy (non-hydrogen) atoms. The summed E-state index contributed by atoms with van der Waals surface area (Å²) in [7, 11) is 0. The smallest absolute Gasteiger partial charge is 0.160 e. The van der Waals surface area contributed by atoms with E-state index in [0.717, 1.165) is 0 Å². The molecule has 3 nitrogen and oxygen atoms in total. The predicted octanol–water partition coefficient (Wildman–Crippen LogP) is 1.99. The number of nitrogens with zero attached hydrogens (tertiary/aromatic N) is 3. The lowest BCUT2D eigenvalue weighted by molar-refractivity contribution is 0.610. The van der Waals surface area contributed by atoms with E-state index in [-0.39, 0.29) is 5.82 Å². The molecule has 4 heteroatoms. The first-order chi connectivity index (χ1) is 6.77. The Morgan fingerprint density at radius 1 is 1.14 bits per heavy atom. The Balaban J connectivity index is 2.48. The molecule has 2 rings (SSSR count). The Hall–Kier alpha value is -1.84. The van der Waals surface area contributed by atoms with Gasteiger partial charge in [0, 0.05) is 24.2 Å². The van der Waals surface area contributed by atoms with Crippen LogP contribution in [0.3, 0.4) is 0 Å². The quantitative estimate of drug-likeness (QED) is 0.688. The molecule has 2 heterocycles. The van der Waals surface area contributed by atoms with Gasteiger partial charge in [0.15, 0.2) is 5.82 Å². The van der Waals surface area contributed by atoms with Gasteiger partial charge >= 0.3 is 0 Å². The number of pyridine rings is 1. The fourth-order valence-electron chi connectivity index (χ4n) is 1.08. The first kappa shape index (κ1) is 8.74. The molecule has 0 saturated carbocycles. The molecule has 0 radical (unpaired) electrons. The van der Waals surface area contributed by atoms with Crippen LogP contribution in [0.15, 0.2) is 30.7 Å². The first-order valence-electron chi connectivity index (χ1n) is 4.17. The minimum absolute atomic E-state index is 0.338. The maximum Gasteiger partial charge on any atom is 0.160 e. The zero-order chi connectivity index (χ0) is 9.97. The summed E-state index contributed by atoms with van der Waals surface area (Å²) in [5.41, 5.74) is 0.971. The van der Waals surface area contributed by atoms with Gasteiger partial charge in [0.2, 0.25) is 0 Å². The Kier molecular flexibility index (Phi) is 2.18. The summed E-state index contributed by atoms with van der Waals surface area (Å²) < 4.78 is 13.1. The Morgan fingerprint density at radius 2 is 1.86 bits per heavy atom. The SMILES string of the molecule is Cc1ncc(-c2ncccn2)cc1F. The molecule has 70 valence electrons. The molecule has 0 amide bonds. The van der Waals surface area contributed by atoms with Gasteiger partial charge in [0.05, 0.1) is 5.69 Å². The van der Waals surface area contributed by atoms with Gasteiger partial charge in [-0.05, 0) is 19.1 Å². The molecule has 0 aromatic carbocycles. The van der Waals surface area contributed by atoms with Gasteiger partial charge in [-0.2, -0.15) is 0 Å². The summed E-state index contributed by atoms with van der Waals surface area (Å²) in [4.78, 5) is 11.9. The van der Waals surface area contributed by atoms with Crippen LogP contribution in [0.4, 0.5) is 4.39 Å². The van der Waals surface area contributed by atoms with E-state index in [1.54, 1.807) is 31.6 Å². The fraction of sp³-hybridized carbons (Fsp3) is 0.100. The molecule has 0 aliphatic rings. The van der Waals surface area contributed by atoms with Crippen molar-refractivity contribution in [2.45, 2.75) is 6.92 Å². The van der Waals surface area contributed by atoms with Crippen LogP contribution in [0.25, 0.3) is 11.4 Å². The third-order valence-electron chi connectivity index (χ3n) is 1.85. The lowest BCUT2D eigenvalue weighted by Gasteiger charge is -2.00. The number of hydrogen-bond acceptors (Lipinski definition) is 3. The van der Waals surface area contributed by atoms with E-state index in [9.17, 15) is 4.39 Å². The molecule has 0 saturated heterocycles. The second-order valence-corrected chi connectivity index (χ2v) is 2.86. The Morgan fingerprint density at radius 3 is 2.50 bits per heavy atom. The van der Waals surface area contributed by atoms with Crippen LogP contribution in [0, 0.1) is 12.7 Å². The molecule has 0 bridgehead atoms. The Labute approximate surface area is 80.7 Å². The van der Waals surface area contributed by atoms with Crippen molar-refractivity contribution in [3.8, 4) is 11.4 Å². The monoisotopic (exact) mass is 189 g/mol. The molecule has 0 atom stereocenters. The molecule has 0 spiro atoms. The molecule has 0 aliphatic heterocycles. The molecule has 2 aromatic rings. The largest absolute Gasteiger partial charge is 0.258 e. The summed E-state index contributed by atoms with van der Waals surface area (Å²) in [5.74, 6) is 0.147. The standard InChI is InChI=1S/C10H8FN3/c1-7-9(11)5-8(6-14-7)10-12-3-2-4-13-10/h2-6H,1H3. The first-order valence-corrected chi connectivity index (χ1v) is 4.17.